The van der Waals surface area contributed by atoms with Crippen LogP contribution in [0, 0.1) is 0 Å². The standard InChI is InChI=1S/C24H21NO6S2/c26-22-16-24(32(27,28)19-12-6-2-7-13-19,33(29,30)20-14-8-3-9-15-20)23-25(22)21(17-31-23)18-10-4-1-5-11-18/h1-15,21,23H,16-17H2/t21-,23-/m0/s1. The van der Waals surface area contributed by atoms with E-state index in [4.69, 9.17) is 4.74 Å². The second-order valence-electron chi connectivity index (χ2n) is 8.03. The van der Waals surface area contributed by atoms with Gasteiger partial charge in [0.05, 0.1) is 28.9 Å². The molecule has 0 saturated carbocycles. The van der Waals surface area contributed by atoms with Crippen LogP contribution in [0.4, 0.5) is 0 Å². The van der Waals surface area contributed by atoms with Crippen LogP contribution in [0.2, 0.25) is 0 Å². The van der Waals surface area contributed by atoms with Gasteiger partial charge in [-0.2, -0.15) is 0 Å². The van der Waals surface area contributed by atoms with Crippen molar-refractivity contribution in [3.63, 3.8) is 0 Å². The van der Waals surface area contributed by atoms with Gasteiger partial charge >= 0.3 is 0 Å². The number of hydrogen-bond acceptors (Lipinski definition) is 6. The lowest BCUT2D eigenvalue weighted by Crippen LogP contribution is -2.54. The maximum absolute atomic E-state index is 14.1. The Balaban J connectivity index is 1.74. The molecule has 2 saturated heterocycles. The van der Waals surface area contributed by atoms with E-state index in [2.05, 4.69) is 0 Å². The van der Waals surface area contributed by atoms with E-state index in [0.717, 1.165) is 5.56 Å². The van der Waals surface area contributed by atoms with Crippen molar-refractivity contribution in [3.8, 4) is 0 Å². The van der Waals surface area contributed by atoms with E-state index in [1.807, 2.05) is 6.07 Å². The molecule has 2 aliphatic heterocycles. The first-order valence-electron chi connectivity index (χ1n) is 10.4. The number of rotatable bonds is 5. The van der Waals surface area contributed by atoms with Crippen LogP contribution in [-0.2, 0) is 29.2 Å². The number of ether oxygens (including phenoxy) is 1. The topological polar surface area (TPSA) is 97.8 Å². The highest BCUT2D eigenvalue weighted by atomic mass is 32.3. The van der Waals surface area contributed by atoms with Crippen LogP contribution < -0.4 is 0 Å². The van der Waals surface area contributed by atoms with E-state index in [9.17, 15) is 21.6 Å². The Bertz CT molecular complexity index is 1320. The van der Waals surface area contributed by atoms with Gasteiger partial charge in [-0.1, -0.05) is 66.7 Å². The first-order valence-corrected chi connectivity index (χ1v) is 13.3. The Morgan fingerprint density at radius 3 is 1.67 bits per heavy atom. The fraction of sp³-hybridized carbons (Fsp3) is 0.208. The summed E-state index contributed by atoms with van der Waals surface area (Å²) in [6.45, 7) is -0.00319. The smallest absolute Gasteiger partial charge is 0.235 e. The van der Waals surface area contributed by atoms with E-state index < -0.39 is 48.4 Å². The van der Waals surface area contributed by atoms with Gasteiger partial charge in [0.25, 0.3) is 0 Å². The summed E-state index contributed by atoms with van der Waals surface area (Å²) in [6.07, 6.45) is -2.21. The van der Waals surface area contributed by atoms with Crippen LogP contribution >= 0.6 is 0 Å². The molecule has 7 nitrogen and oxygen atoms in total. The first kappa shape index (κ1) is 21.8. The van der Waals surface area contributed by atoms with Crippen molar-refractivity contribution in [2.24, 2.45) is 0 Å². The third-order valence-corrected chi connectivity index (χ3v) is 11.9. The molecule has 5 rings (SSSR count). The van der Waals surface area contributed by atoms with Crippen LogP contribution in [0.5, 0.6) is 0 Å². The Labute approximate surface area is 192 Å². The summed E-state index contributed by atoms with van der Waals surface area (Å²) in [4.78, 5) is 14.3. The zero-order valence-corrected chi connectivity index (χ0v) is 19.1. The van der Waals surface area contributed by atoms with Gasteiger partial charge in [0.1, 0.15) is 0 Å². The minimum absolute atomic E-state index is 0.00319. The fourth-order valence-electron chi connectivity index (χ4n) is 4.67. The largest absolute Gasteiger partial charge is 0.353 e. The van der Waals surface area contributed by atoms with Crippen molar-refractivity contribution in [1.82, 2.24) is 4.90 Å². The minimum atomic E-state index is -4.57. The Morgan fingerprint density at radius 1 is 0.727 bits per heavy atom. The van der Waals surface area contributed by atoms with Crippen molar-refractivity contribution >= 4 is 25.6 Å². The number of hydrogen-bond donors (Lipinski definition) is 0. The summed E-state index contributed by atoms with van der Waals surface area (Å²) in [5.41, 5.74) is 0.748. The molecule has 0 bridgehead atoms. The number of benzene rings is 3. The molecule has 1 amide bonds. The predicted octanol–water partition coefficient (Wildman–Crippen LogP) is 2.96. The second-order valence-corrected chi connectivity index (χ2v) is 12.7. The Hall–Kier alpha value is -3.01. The van der Waals surface area contributed by atoms with Gasteiger partial charge in [-0.3, -0.25) is 4.79 Å². The van der Waals surface area contributed by atoms with Gasteiger partial charge in [-0.15, -0.1) is 0 Å². The molecule has 2 aliphatic rings. The molecule has 3 aromatic carbocycles. The lowest BCUT2D eigenvalue weighted by molar-refractivity contribution is -0.131. The highest BCUT2D eigenvalue weighted by Crippen LogP contribution is 2.52. The SMILES string of the molecule is O=C1CC(S(=O)(=O)c2ccccc2)(S(=O)(=O)c2ccccc2)[C@@H]2OC[C@@H](c3ccccc3)N12. The Kier molecular flexibility index (Phi) is 5.15. The van der Waals surface area contributed by atoms with Crippen molar-refractivity contribution in [2.75, 3.05) is 6.61 Å². The molecular formula is C24H21NO6S2. The zero-order chi connectivity index (χ0) is 23.3. The van der Waals surface area contributed by atoms with E-state index in [1.165, 1.54) is 53.4 Å². The number of nitrogens with zero attached hydrogens (tertiary/aromatic N) is 1. The molecule has 2 fully saturated rings. The van der Waals surface area contributed by atoms with Crippen molar-refractivity contribution < 1.29 is 26.4 Å². The number of fused-ring (bicyclic) bond motifs is 1. The second kappa shape index (κ2) is 7.79. The van der Waals surface area contributed by atoms with Gasteiger partial charge in [0.2, 0.25) is 29.7 Å². The highest BCUT2D eigenvalue weighted by molar-refractivity contribution is 8.10. The summed E-state index contributed by atoms with van der Waals surface area (Å²) in [6, 6.07) is 23.2. The highest BCUT2D eigenvalue weighted by Gasteiger charge is 2.72. The fourth-order valence-corrected chi connectivity index (χ4v) is 9.75. The third kappa shape index (κ3) is 3.07. The van der Waals surface area contributed by atoms with Gasteiger partial charge < -0.3 is 9.64 Å². The van der Waals surface area contributed by atoms with Crippen molar-refractivity contribution in [2.45, 2.75) is 32.6 Å². The van der Waals surface area contributed by atoms with Gasteiger partial charge in [0, 0.05) is 0 Å². The molecule has 33 heavy (non-hydrogen) atoms. The molecule has 0 aliphatic carbocycles. The molecule has 0 aromatic heterocycles. The van der Waals surface area contributed by atoms with Gasteiger partial charge in [-0.25, -0.2) is 16.8 Å². The molecular weight excluding hydrogens is 462 g/mol. The van der Waals surface area contributed by atoms with Crippen molar-refractivity contribution in [3.05, 3.63) is 96.6 Å². The monoisotopic (exact) mass is 483 g/mol. The van der Waals surface area contributed by atoms with E-state index in [0.29, 0.717) is 0 Å². The molecule has 3 aromatic rings. The number of amides is 1. The molecule has 9 heteroatoms. The van der Waals surface area contributed by atoms with Crippen LogP contribution in [0.15, 0.2) is 101 Å². The van der Waals surface area contributed by atoms with Crippen LogP contribution in [0.1, 0.15) is 18.0 Å². The summed E-state index contributed by atoms with van der Waals surface area (Å²) in [5.74, 6) is -0.578. The Morgan fingerprint density at radius 2 is 1.18 bits per heavy atom. The van der Waals surface area contributed by atoms with E-state index in [1.54, 1.807) is 36.4 Å². The number of carbonyl (C=O) groups is 1. The van der Waals surface area contributed by atoms with Crippen molar-refractivity contribution in [1.29, 1.82) is 0 Å². The molecule has 2 atom stereocenters. The average molecular weight is 484 g/mol. The van der Waals surface area contributed by atoms with Gasteiger partial charge in [0.15, 0.2) is 6.23 Å². The predicted molar refractivity (Wildman–Crippen MR) is 120 cm³/mol. The minimum Gasteiger partial charge on any atom is -0.353 e. The third-order valence-electron chi connectivity index (χ3n) is 6.26. The average Bonchev–Trinajstić information content (AvgIpc) is 3.41. The summed E-state index contributed by atoms with van der Waals surface area (Å²) < 4.78 is 59.6. The molecule has 0 radical (unpaired) electrons. The molecule has 170 valence electrons. The lowest BCUT2D eigenvalue weighted by atomic mass is 10.1. The number of sulfone groups is 2. The molecule has 0 unspecified atom stereocenters. The van der Waals surface area contributed by atoms with Crippen LogP contribution in [-0.4, -0.2) is 44.6 Å². The summed E-state index contributed by atoms with van der Waals surface area (Å²) >= 11 is 0. The van der Waals surface area contributed by atoms with E-state index in [-0.39, 0.29) is 16.4 Å². The molecule has 0 spiro atoms. The number of carbonyl (C=O) groups excluding carboxylic acids is 1. The van der Waals surface area contributed by atoms with Crippen LogP contribution in [0.25, 0.3) is 0 Å². The molecule has 0 N–H and O–H groups in total. The maximum Gasteiger partial charge on any atom is 0.235 e. The normalized spacial score (nSPS) is 22.3. The van der Waals surface area contributed by atoms with E-state index >= 15 is 0 Å². The zero-order valence-electron chi connectivity index (χ0n) is 17.4. The van der Waals surface area contributed by atoms with Crippen LogP contribution in [0.3, 0.4) is 0 Å². The maximum atomic E-state index is 14.1. The van der Waals surface area contributed by atoms with Gasteiger partial charge in [-0.05, 0) is 29.8 Å². The molecule has 2 heterocycles. The first-order chi connectivity index (χ1) is 15.8. The summed E-state index contributed by atoms with van der Waals surface area (Å²) in [5, 5.41) is 0. The summed E-state index contributed by atoms with van der Waals surface area (Å²) in [7, 11) is -9.15. The lowest BCUT2D eigenvalue weighted by Gasteiger charge is -2.33. The quantitative estimate of drug-likeness (QED) is 0.554.